The van der Waals surface area contributed by atoms with Crippen molar-refractivity contribution in [2.75, 3.05) is 26.7 Å². The third-order valence-corrected chi connectivity index (χ3v) is 5.17. The topological polar surface area (TPSA) is 24.5 Å². The van der Waals surface area contributed by atoms with Crippen molar-refractivity contribution in [1.82, 2.24) is 10.2 Å². The molecule has 1 N–H and O–H groups in total. The molecule has 1 aliphatic carbocycles. The molecule has 3 atom stereocenters. The Morgan fingerprint density at radius 3 is 2.67 bits per heavy atom. The van der Waals surface area contributed by atoms with E-state index in [4.69, 9.17) is 4.74 Å². The van der Waals surface area contributed by atoms with Gasteiger partial charge < -0.3 is 15.0 Å². The van der Waals surface area contributed by atoms with Gasteiger partial charge in [-0.25, -0.2) is 0 Å². The van der Waals surface area contributed by atoms with Gasteiger partial charge in [-0.15, -0.1) is 0 Å². The first-order valence-corrected chi connectivity index (χ1v) is 7.59. The molecule has 18 heavy (non-hydrogen) atoms. The highest BCUT2D eigenvalue weighted by Crippen LogP contribution is 2.42. The summed E-state index contributed by atoms with van der Waals surface area (Å²) in [6.45, 7) is 10.7. The SMILES string of the molecule is CCN1CCCC(NC2CC(OC)C2(C)C)CC1. The fourth-order valence-corrected chi connectivity index (χ4v) is 3.49. The molecular formula is C15H30N2O. The van der Waals surface area contributed by atoms with E-state index in [1.807, 2.05) is 7.11 Å². The number of hydrogen-bond donors (Lipinski definition) is 1. The largest absolute Gasteiger partial charge is 0.381 e. The van der Waals surface area contributed by atoms with Gasteiger partial charge in [0.05, 0.1) is 6.10 Å². The smallest absolute Gasteiger partial charge is 0.0652 e. The van der Waals surface area contributed by atoms with E-state index in [1.54, 1.807) is 0 Å². The van der Waals surface area contributed by atoms with Gasteiger partial charge in [0.15, 0.2) is 0 Å². The second-order valence-electron chi connectivity index (χ2n) is 6.56. The molecule has 0 spiro atoms. The minimum absolute atomic E-state index is 0.297. The highest BCUT2D eigenvalue weighted by molar-refractivity contribution is 5.03. The van der Waals surface area contributed by atoms with Gasteiger partial charge in [-0.3, -0.25) is 0 Å². The molecule has 3 nitrogen and oxygen atoms in total. The third-order valence-electron chi connectivity index (χ3n) is 5.17. The highest BCUT2D eigenvalue weighted by Gasteiger charge is 2.48. The van der Waals surface area contributed by atoms with Crippen molar-refractivity contribution in [3.8, 4) is 0 Å². The van der Waals surface area contributed by atoms with Gasteiger partial charge in [-0.1, -0.05) is 20.8 Å². The first-order chi connectivity index (χ1) is 8.57. The first kappa shape index (κ1) is 14.3. The minimum Gasteiger partial charge on any atom is -0.381 e. The highest BCUT2D eigenvalue weighted by atomic mass is 16.5. The Hall–Kier alpha value is -0.120. The Morgan fingerprint density at radius 1 is 1.28 bits per heavy atom. The van der Waals surface area contributed by atoms with E-state index in [2.05, 4.69) is 31.0 Å². The molecule has 0 aromatic rings. The van der Waals surface area contributed by atoms with E-state index in [1.165, 1.54) is 45.3 Å². The Bertz CT molecular complexity index is 267. The number of likely N-dealkylation sites (tertiary alicyclic amines) is 1. The fraction of sp³-hybridized carbons (Fsp3) is 1.00. The number of hydrogen-bond acceptors (Lipinski definition) is 3. The van der Waals surface area contributed by atoms with Gasteiger partial charge in [0.25, 0.3) is 0 Å². The van der Waals surface area contributed by atoms with E-state index in [0.717, 1.165) is 0 Å². The van der Waals surface area contributed by atoms with Crippen LogP contribution >= 0.6 is 0 Å². The molecule has 1 aliphatic heterocycles. The predicted octanol–water partition coefficient (Wildman–Crippen LogP) is 2.26. The first-order valence-electron chi connectivity index (χ1n) is 7.59. The summed E-state index contributed by atoms with van der Waals surface area (Å²) < 4.78 is 5.53. The second-order valence-corrected chi connectivity index (χ2v) is 6.56. The number of nitrogens with one attached hydrogen (secondary N) is 1. The van der Waals surface area contributed by atoms with E-state index in [9.17, 15) is 0 Å². The second kappa shape index (κ2) is 5.89. The molecule has 0 radical (unpaired) electrons. The minimum atomic E-state index is 0.297. The summed E-state index contributed by atoms with van der Waals surface area (Å²) in [6.07, 6.45) is 5.59. The van der Waals surface area contributed by atoms with Crippen LogP contribution < -0.4 is 5.32 Å². The van der Waals surface area contributed by atoms with Crippen LogP contribution in [0.4, 0.5) is 0 Å². The zero-order valence-electron chi connectivity index (χ0n) is 12.5. The summed E-state index contributed by atoms with van der Waals surface area (Å²) in [6, 6.07) is 1.35. The molecule has 1 saturated carbocycles. The molecule has 0 amide bonds. The van der Waals surface area contributed by atoms with Gasteiger partial charge in [0, 0.05) is 24.6 Å². The molecule has 2 fully saturated rings. The molecule has 3 unspecified atom stereocenters. The van der Waals surface area contributed by atoms with Gasteiger partial charge in [0.2, 0.25) is 0 Å². The van der Waals surface area contributed by atoms with E-state index < -0.39 is 0 Å². The summed E-state index contributed by atoms with van der Waals surface area (Å²) in [5, 5.41) is 3.89. The Balaban J connectivity index is 1.80. The van der Waals surface area contributed by atoms with E-state index in [0.29, 0.717) is 23.6 Å². The van der Waals surface area contributed by atoms with Crippen molar-refractivity contribution < 1.29 is 4.74 Å². The number of rotatable bonds is 4. The summed E-state index contributed by atoms with van der Waals surface area (Å²) in [5.74, 6) is 0. The van der Waals surface area contributed by atoms with Crippen molar-refractivity contribution in [2.45, 2.75) is 64.6 Å². The normalized spacial score (nSPS) is 37.0. The lowest BCUT2D eigenvalue weighted by molar-refractivity contribution is -0.100. The average molecular weight is 254 g/mol. The average Bonchev–Trinajstić information content (AvgIpc) is 2.59. The number of ether oxygens (including phenoxy) is 1. The van der Waals surface area contributed by atoms with Crippen LogP contribution in [0, 0.1) is 5.41 Å². The maximum atomic E-state index is 5.53. The number of methoxy groups -OCH3 is 1. The molecule has 2 rings (SSSR count). The molecular weight excluding hydrogens is 224 g/mol. The molecule has 3 heteroatoms. The molecule has 0 aromatic heterocycles. The maximum absolute atomic E-state index is 5.53. The summed E-state index contributed by atoms with van der Waals surface area (Å²) in [7, 11) is 1.84. The molecule has 1 heterocycles. The van der Waals surface area contributed by atoms with Crippen LogP contribution in [0.2, 0.25) is 0 Å². The van der Waals surface area contributed by atoms with Crippen LogP contribution in [0.5, 0.6) is 0 Å². The van der Waals surface area contributed by atoms with Gasteiger partial charge in [-0.05, 0) is 45.3 Å². The van der Waals surface area contributed by atoms with Crippen molar-refractivity contribution in [1.29, 1.82) is 0 Å². The van der Waals surface area contributed by atoms with Crippen LogP contribution in [0.1, 0.15) is 46.5 Å². The molecule has 106 valence electrons. The Kier molecular flexibility index (Phi) is 4.68. The monoisotopic (exact) mass is 254 g/mol. The van der Waals surface area contributed by atoms with Crippen molar-refractivity contribution in [3.05, 3.63) is 0 Å². The maximum Gasteiger partial charge on any atom is 0.0652 e. The van der Waals surface area contributed by atoms with Crippen LogP contribution in [0.15, 0.2) is 0 Å². The Labute approximate surface area is 112 Å². The van der Waals surface area contributed by atoms with Crippen molar-refractivity contribution in [2.24, 2.45) is 5.41 Å². The Morgan fingerprint density at radius 2 is 2.06 bits per heavy atom. The zero-order chi connectivity index (χ0) is 13.2. The van der Waals surface area contributed by atoms with Gasteiger partial charge in [-0.2, -0.15) is 0 Å². The lowest BCUT2D eigenvalue weighted by Crippen LogP contribution is -2.62. The molecule has 0 bridgehead atoms. The summed E-state index contributed by atoms with van der Waals surface area (Å²) in [4.78, 5) is 2.57. The van der Waals surface area contributed by atoms with E-state index in [-0.39, 0.29) is 0 Å². The summed E-state index contributed by atoms with van der Waals surface area (Å²) >= 11 is 0. The van der Waals surface area contributed by atoms with Crippen LogP contribution in [0.3, 0.4) is 0 Å². The van der Waals surface area contributed by atoms with Crippen molar-refractivity contribution in [3.63, 3.8) is 0 Å². The molecule has 1 saturated heterocycles. The fourth-order valence-electron chi connectivity index (χ4n) is 3.49. The van der Waals surface area contributed by atoms with Crippen LogP contribution in [-0.4, -0.2) is 49.8 Å². The summed E-state index contributed by atoms with van der Waals surface area (Å²) in [5.41, 5.74) is 0.297. The predicted molar refractivity (Wildman–Crippen MR) is 75.9 cm³/mol. The van der Waals surface area contributed by atoms with E-state index >= 15 is 0 Å². The van der Waals surface area contributed by atoms with Crippen molar-refractivity contribution >= 4 is 0 Å². The lowest BCUT2D eigenvalue weighted by atomic mass is 9.64. The van der Waals surface area contributed by atoms with Gasteiger partial charge in [0.1, 0.15) is 0 Å². The quantitative estimate of drug-likeness (QED) is 0.833. The molecule has 0 aromatic carbocycles. The lowest BCUT2D eigenvalue weighted by Gasteiger charge is -2.52. The van der Waals surface area contributed by atoms with Crippen LogP contribution in [-0.2, 0) is 4.74 Å². The van der Waals surface area contributed by atoms with Crippen LogP contribution in [0.25, 0.3) is 0 Å². The van der Waals surface area contributed by atoms with Gasteiger partial charge >= 0.3 is 0 Å². The third kappa shape index (κ3) is 2.89. The zero-order valence-corrected chi connectivity index (χ0v) is 12.5. The molecule has 2 aliphatic rings. The standard InChI is InChI=1S/C15H30N2O/c1-5-17-9-6-7-12(8-10-17)16-13-11-14(18-4)15(13,2)3/h12-14,16H,5-11H2,1-4H3. The number of nitrogens with zero attached hydrogens (tertiary/aromatic N) is 1.